The number of benzene rings is 1. The van der Waals surface area contributed by atoms with Crippen molar-refractivity contribution in [3.8, 4) is 22.6 Å². The summed E-state index contributed by atoms with van der Waals surface area (Å²) in [5, 5.41) is 22.5. The van der Waals surface area contributed by atoms with Crippen molar-refractivity contribution < 1.29 is 19.7 Å². The van der Waals surface area contributed by atoms with Crippen molar-refractivity contribution in [2.75, 3.05) is 13.2 Å². The van der Waals surface area contributed by atoms with E-state index in [2.05, 4.69) is 16.9 Å². The van der Waals surface area contributed by atoms with Gasteiger partial charge in [0, 0.05) is 30.9 Å². The van der Waals surface area contributed by atoms with Gasteiger partial charge in [-0.15, -0.1) is 0 Å². The highest BCUT2D eigenvalue weighted by molar-refractivity contribution is 5.91. The molecule has 0 saturated heterocycles. The number of pyridine rings is 2. The first-order valence-electron chi connectivity index (χ1n) is 8.99. The van der Waals surface area contributed by atoms with Gasteiger partial charge in [0.05, 0.1) is 12.0 Å². The summed E-state index contributed by atoms with van der Waals surface area (Å²) in [5.41, 5.74) is 2.55. The van der Waals surface area contributed by atoms with Gasteiger partial charge in [-0.2, -0.15) is 0 Å². The SMILES string of the molecule is C=C(NCC(=O)O)c1c(O)c2cc(-c3ccc4c(c3)CCO4)cnc2n(C)c1=O. The van der Waals surface area contributed by atoms with E-state index in [1.54, 1.807) is 12.3 Å². The van der Waals surface area contributed by atoms with Crippen molar-refractivity contribution >= 4 is 22.7 Å². The molecule has 2 aromatic heterocycles. The van der Waals surface area contributed by atoms with Crippen LogP contribution < -0.4 is 15.6 Å². The average Bonchev–Trinajstić information content (AvgIpc) is 3.18. The third kappa shape index (κ3) is 3.18. The van der Waals surface area contributed by atoms with E-state index in [1.807, 2.05) is 18.2 Å². The lowest BCUT2D eigenvalue weighted by molar-refractivity contribution is -0.135. The van der Waals surface area contributed by atoms with Gasteiger partial charge in [-0.3, -0.25) is 14.2 Å². The topological polar surface area (TPSA) is 114 Å². The first-order chi connectivity index (χ1) is 13.9. The normalized spacial score (nSPS) is 12.4. The molecule has 29 heavy (non-hydrogen) atoms. The van der Waals surface area contributed by atoms with Gasteiger partial charge >= 0.3 is 5.97 Å². The quantitative estimate of drug-likeness (QED) is 0.606. The van der Waals surface area contributed by atoms with Crippen LogP contribution in [0.4, 0.5) is 0 Å². The Hall–Kier alpha value is -3.81. The van der Waals surface area contributed by atoms with E-state index in [1.165, 1.54) is 11.6 Å². The average molecular weight is 393 g/mol. The second-order valence-electron chi connectivity index (χ2n) is 6.83. The number of carbonyl (C=O) groups is 1. The number of nitrogens with one attached hydrogen (secondary N) is 1. The van der Waals surface area contributed by atoms with Gasteiger partial charge in [-0.1, -0.05) is 12.6 Å². The first-order valence-corrected chi connectivity index (χ1v) is 8.99. The first kappa shape index (κ1) is 18.5. The second kappa shape index (κ2) is 6.97. The van der Waals surface area contributed by atoms with Crippen LogP contribution in [0.25, 0.3) is 27.9 Å². The van der Waals surface area contributed by atoms with E-state index in [9.17, 15) is 14.7 Å². The van der Waals surface area contributed by atoms with Crippen molar-refractivity contribution in [3.05, 3.63) is 58.5 Å². The summed E-state index contributed by atoms with van der Waals surface area (Å²) >= 11 is 0. The van der Waals surface area contributed by atoms with Gasteiger partial charge in [0.1, 0.15) is 29.3 Å². The van der Waals surface area contributed by atoms with Crippen molar-refractivity contribution in [2.24, 2.45) is 7.05 Å². The molecular formula is C21H19N3O5. The molecule has 3 N–H and O–H groups in total. The maximum atomic E-state index is 12.7. The molecule has 0 radical (unpaired) electrons. The number of fused-ring (bicyclic) bond motifs is 2. The zero-order valence-electron chi connectivity index (χ0n) is 15.7. The highest BCUT2D eigenvalue weighted by Crippen LogP contribution is 2.34. The van der Waals surface area contributed by atoms with Gasteiger partial charge < -0.3 is 20.3 Å². The van der Waals surface area contributed by atoms with Gasteiger partial charge in [0.2, 0.25) is 0 Å². The molecule has 0 bridgehead atoms. The molecule has 4 rings (SSSR count). The third-order valence-electron chi connectivity index (χ3n) is 4.97. The largest absolute Gasteiger partial charge is 0.506 e. The Morgan fingerprint density at radius 3 is 2.90 bits per heavy atom. The van der Waals surface area contributed by atoms with Crippen LogP contribution in [0.15, 0.2) is 41.8 Å². The summed E-state index contributed by atoms with van der Waals surface area (Å²) in [6, 6.07) is 7.60. The number of aromatic hydroxyl groups is 1. The van der Waals surface area contributed by atoms with Crippen molar-refractivity contribution in [3.63, 3.8) is 0 Å². The monoisotopic (exact) mass is 393 g/mol. The van der Waals surface area contributed by atoms with Crippen LogP contribution in [-0.2, 0) is 18.3 Å². The number of aliphatic carboxylic acids is 1. The second-order valence-corrected chi connectivity index (χ2v) is 6.83. The van der Waals surface area contributed by atoms with E-state index in [-0.39, 0.29) is 17.0 Å². The number of nitrogens with zero attached hydrogens (tertiary/aromatic N) is 2. The van der Waals surface area contributed by atoms with Crippen molar-refractivity contribution in [1.82, 2.24) is 14.9 Å². The molecule has 1 aliphatic heterocycles. The summed E-state index contributed by atoms with van der Waals surface area (Å²) in [4.78, 5) is 27.8. The van der Waals surface area contributed by atoms with Crippen LogP contribution >= 0.6 is 0 Å². The lowest BCUT2D eigenvalue weighted by Gasteiger charge is -2.14. The maximum absolute atomic E-state index is 12.7. The minimum Gasteiger partial charge on any atom is -0.506 e. The van der Waals surface area contributed by atoms with Gasteiger partial charge in [-0.05, 0) is 29.3 Å². The standard InChI is InChI=1S/C21H19N3O5/c1-11(22-10-17(25)26)18-19(27)15-8-14(9-23-20(15)24(2)21(18)28)12-3-4-16-13(7-12)5-6-29-16/h3-4,7-9,22,27H,1,5-6,10H2,2H3,(H,25,26). The summed E-state index contributed by atoms with van der Waals surface area (Å²) < 4.78 is 6.84. The number of rotatable bonds is 5. The number of hydrogen-bond acceptors (Lipinski definition) is 6. The molecule has 0 fully saturated rings. The van der Waals surface area contributed by atoms with Gasteiger partial charge in [-0.25, -0.2) is 4.98 Å². The molecule has 0 unspecified atom stereocenters. The molecule has 0 spiro atoms. The smallest absolute Gasteiger partial charge is 0.322 e. The Labute approximate surface area is 165 Å². The Kier molecular flexibility index (Phi) is 4.46. The number of carboxylic acids is 1. The Morgan fingerprint density at radius 2 is 2.14 bits per heavy atom. The van der Waals surface area contributed by atoms with Crippen molar-refractivity contribution in [1.29, 1.82) is 0 Å². The zero-order chi connectivity index (χ0) is 20.7. The molecule has 148 valence electrons. The van der Waals surface area contributed by atoms with E-state index >= 15 is 0 Å². The van der Waals surface area contributed by atoms with Crippen LogP contribution in [0.1, 0.15) is 11.1 Å². The zero-order valence-corrected chi connectivity index (χ0v) is 15.7. The lowest BCUT2D eigenvalue weighted by atomic mass is 10.0. The molecule has 0 atom stereocenters. The van der Waals surface area contributed by atoms with Gasteiger partial charge in [0.15, 0.2) is 0 Å². The predicted octanol–water partition coefficient (Wildman–Crippen LogP) is 1.89. The Morgan fingerprint density at radius 1 is 1.34 bits per heavy atom. The van der Waals surface area contributed by atoms with Crippen LogP contribution in [-0.4, -0.2) is 38.9 Å². The molecule has 8 nitrogen and oxygen atoms in total. The fourth-order valence-electron chi connectivity index (χ4n) is 3.47. The summed E-state index contributed by atoms with van der Waals surface area (Å²) in [5.74, 6) is -0.520. The summed E-state index contributed by atoms with van der Waals surface area (Å²) in [6.07, 6.45) is 2.49. The fourth-order valence-corrected chi connectivity index (χ4v) is 3.47. The predicted molar refractivity (Wildman–Crippen MR) is 108 cm³/mol. The number of carboxylic acid groups (broad SMARTS) is 1. The summed E-state index contributed by atoms with van der Waals surface area (Å²) in [6.45, 7) is 3.94. The molecular weight excluding hydrogens is 374 g/mol. The lowest BCUT2D eigenvalue weighted by Crippen LogP contribution is -2.27. The van der Waals surface area contributed by atoms with Crippen LogP contribution in [0.5, 0.6) is 11.5 Å². The number of aryl methyl sites for hydroxylation is 1. The fraction of sp³-hybridized carbons (Fsp3) is 0.190. The maximum Gasteiger partial charge on any atom is 0.322 e. The molecule has 0 aliphatic carbocycles. The van der Waals surface area contributed by atoms with Gasteiger partial charge in [0.25, 0.3) is 5.56 Å². The molecule has 3 aromatic rings. The Balaban J connectivity index is 1.84. The van der Waals surface area contributed by atoms with Crippen LogP contribution in [0.2, 0.25) is 0 Å². The van der Waals surface area contributed by atoms with Crippen LogP contribution in [0.3, 0.4) is 0 Å². The van der Waals surface area contributed by atoms with Crippen LogP contribution in [0, 0.1) is 0 Å². The van der Waals surface area contributed by atoms with E-state index in [0.717, 1.165) is 28.9 Å². The molecule has 0 saturated carbocycles. The number of hydrogen-bond donors (Lipinski definition) is 3. The van der Waals surface area contributed by atoms with E-state index in [4.69, 9.17) is 9.84 Å². The highest BCUT2D eigenvalue weighted by atomic mass is 16.5. The number of aromatic nitrogens is 2. The summed E-state index contributed by atoms with van der Waals surface area (Å²) in [7, 11) is 1.54. The molecule has 1 aromatic carbocycles. The molecule has 8 heteroatoms. The number of ether oxygens (including phenoxy) is 1. The highest BCUT2D eigenvalue weighted by Gasteiger charge is 2.20. The third-order valence-corrected chi connectivity index (χ3v) is 4.97. The minimum absolute atomic E-state index is 0.0347. The van der Waals surface area contributed by atoms with E-state index < -0.39 is 18.1 Å². The minimum atomic E-state index is -1.10. The molecule has 0 amide bonds. The molecule has 1 aliphatic rings. The molecule has 3 heterocycles. The van der Waals surface area contributed by atoms with E-state index in [0.29, 0.717) is 17.6 Å². The Bertz CT molecular complexity index is 1230. The van der Waals surface area contributed by atoms with Crippen molar-refractivity contribution in [2.45, 2.75) is 6.42 Å².